The van der Waals surface area contributed by atoms with E-state index in [1.54, 1.807) is 20.3 Å². The van der Waals surface area contributed by atoms with Gasteiger partial charge in [0, 0.05) is 18.7 Å². The maximum absolute atomic E-state index is 13.3. The molecular formula is C18H22FNO3. The van der Waals surface area contributed by atoms with E-state index < -0.39 is 0 Å². The van der Waals surface area contributed by atoms with E-state index in [1.165, 1.54) is 12.1 Å². The minimum atomic E-state index is -0.273. The van der Waals surface area contributed by atoms with Crippen molar-refractivity contribution in [2.45, 2.75) is 20.0 Å². The van der Waals surface area contributed by atoms with E-state index in [2.05, 4.69) is 5.32 Å². The van der Waals surface area contributed by atoms with Gasteiger partial charge in [-0.15, -0.1) is 0 Å². The molecule has 0 aromatic heterocycles. The molecular weight excluding hydrogens is 297 g/mol. The summed E-state index contributed by atoms with van der Waals surface area (Å²) in [4.78, 5) is 0. The third-order valence-electron chi connectivity index (χ3n) is 3.41. The van der Waals surface area contributed by atoms with Crippen molar-refractivity contribution in [3.05, 3.63) is 53.3 Å². The van der Waals surface area contributed by atoms with Gasteiger partial charge in [-0.05, 0) is 42.8 Å². The summed E-state index contributed by atoms with van der Waals surface area (Å²) < 4.78 is 29.4. The number of methoxy groups -OCH3 is 2. The molecule has 23 heavy (non-hydrogen) atoms. The third kappa shape index (κ3) is 4.60. The molecule has 4 nitrogen and oxygen atoms in total. The van der Waals surface area contributed by atoms with Gasteiger partial charge in [-0.3, -0.25) is 0 Å². The van der Waals surface area contributed by atoms with E-state index in [-0.39, 0.29) is 5.82 Å². The first-order valence-electron chi connectivity index (χ1n) is 7.50. The van der Waals surface area contributed by atoms with E-state index in [9.17, 15) is 4.39 Å². The molecule has 0 spiro atoms. The molecule has 0 aliphatic heterocycles. The highest BCUT2D eigenvalue weighted by Gasteiger charge is 2.07. The maximum atomic E-state index is 13.3. The molecule has 5 heteroatoms. The van der Waals surface area contributed by atoms with Crippen molar-refractivity contribution in [3.8, 4) is 17.2 Å². The lowest BCUT2D eigenvalue weighted by Crippen LogP contribution is -2.13. The molecule has 2 rings (SSSR count). The lowest BCUT2D eigenvalue weighted by molar-refractivity contribution is 0.310. The SMILES string of the molecule is CCOc1ccc(CNCc2cc(F)ccc2OC)cc1OC. The zero-order valence-corrected chi connectivity index (χ0v) is 13.7. The van der Waals surface area contributed by atoms with Gasteiger partial charge < -0.3 is 19.5 Å². The van der Waals surface area contributed by atoms with Crippen LogP contribution in [0, 0.1) is 5.82 Å². The Morgan fingerprint density at radius 2 is 1.65 bits per heavy atom. The Bertz CT molecular complexity index is 646. The van der Waals surface area contributed by atoms with Gasteiger partial charge in [0.05, 0.1) is 20.8 Å². The van der Waals surface area contributed by atoms with Gasteiger partial charge in [-0.25, -0.2) is 4.39 Å². The molecule has 0 radical (unpaired) electrons. The van der Waals surface area contributed by atoms with Crippen LogP contribution in [0.4, 0.5) is 4.39 Å². The molecule has 0 aliphatic rings. The molecule has 0 fully saturated rings. The van der Waals surface area contributed by atoms with Crippen molar-refractivity contribution in [2.75, 3.05) is 20.8 Å². The summed E-state index contributed by atoms with van der Waals surface area (Å²) in [5.41, 5.74) is 1.84. The Labute approximate surface area is 136 Å². The van der Waals surface area contributed by atoms with Crippen LogP contribution in [0.25, 0.3) is 0 Å². The molecule has 0 aliphatic carbocycles. The molecule has 0 heterocycles. The van der Waals surface area contributed by atoms with E-state index in [0.717, 1.165) is 16.9 Å². The average molecular weight is 319 g/mol. The van der Waals surface area contributed by atoms with Crippen LogP contribution in [0.5, 0.6) is 17.2 Å². The Morgan fingerprint density at radius 3 is 2.35 bits per heavy atom. The number of nitrogens with one attached hydrogen (secondary N) is 1. The first-order chi connectivity index (χ1) is 11.2. The molecule has 0 bridgehead atoms. The van der Waals surface area contributed by atoms with Crippen LogP contribution in [0.3, 0.4) is 0 Å². The van der Waals surface area contributed by atoms with Gasteiger partial charge in [-0.2, -0.15) is 0 Å². The zero-order chi connectivity index (χ0) is 16.7. The van der Waals surface area contributed by atoms with E-state index >= 15 is 0 Å². The van der Waals surface area contributed by atoms with E-state index in [4.69, 9.17) is 14.2 Å². The molecule has 2 aromatic carbocycles. The van der Waals surface area contributed by atoms with Crippen LogP contribution in [0.1, 0.15) is 18.1 Å². The Kier molecular flexibility index (Phi) is 6.23. The van der Waals surface area contributed by atoms with Crippen molar-refractivity contribution in [2.24, 2.45) is 0 Å². The second-order valence-corrected chi connectivity index (χ2v) is 4.98. The van der Waals surface area contributed by atoms with Crippen LogP contribution in [-0.2, 0) is 13.1 Å². The second kappa shape index (κ2) is 8.39. The van der Waals surface area contributed by atoms with E-state index in [1.807, 2.05) is 25.1 Å². The maximum Gasteiger partial charge on any atom is 0.161 e. The Hall–Kier alpha value is -2.27. The van der Waals surface area contributed by atoms with Crippen molar-refractivity contribution in [3.63, 3.8) is 0 Å². The highest BCUT2D eigenvalue weighted by molar-refractivity contribution is 5.43. The van der Waals surface area contributed by atoms with Crippen molar-refractivity contribution < 1.29 is 18.6 Å². The third-order valence-corrected chi connectivity index (χ3v) is 3.41. The summed E-state index contributed by atoms with van der Waals surface area (Å²) in [6.45, 7) is 3.66. The zero-order valence-electron chi connectivity index (χ0n) is 13.7. The monoisotopic (exact) mass is 319 g/mol. The smallest absolute Gasteiger partial charge is 0.161 e. The fraction of sp³-hybridized carbons (Fsp3) is 0.333. The van der Waals surface area contributed by atoms with Gasteiger partial charge in [0.2, 0.25) is 0 Å². The van der Waals surface area contributed by atoms with Gasteiger partial charge in [0.15, 0.2) is 11.5 Å². The standard InChI is InChI=1S/C18H22FNO3/c1-4-23-17-7-5-13(9-18(17)22-3)11-20-12-14-10-15(19)6-8-16(14)21-2/h5-10,20H,4,11-12H2,1-3H3. The van der Waals surface area contributed by atoms with Gasteiger partial charge >= 0.3 is 0 Å². The lowest BCUT2D eigenvalue weighted by Gasteiger charge is -2.12. The number of hydrogen-bond acceptors (Lipinski definition) is 4. The van der Waals surface area contributed by atoms with Crippen LogP contribution in [0.2, 0.25) is 0 Å². The number of rotatable bonds is 8. The van der Waals surface area contributed by atoms with Crippen LogP contribution >= 0.6 is 0 Å². The second-order valence-electron chi connectivity index (χ2n) is 4.98. The molecule has 1 N–H and O–H groups in total. The first kappa shape index (κ1) is 17.1. The lowest BCUT2D eigenvalue weighted by atomic mass is 10.1. The fourth-order valence-corrected chi connectivity index (χ4v) is 2.32. The molecule has 0 saturated heterocycles. The topological polar surface area (TPSA) is 39.7 Å². The average Bonchev–Trinajstić information content (AvgIpc) is 2.56. The van der Waals surface area contributed by atoms with Crippen LogP contribution < -0.4 is 19.5 Å². The number of ether oxygens (including phenoxy) is 3. The largest absolute Gasteiger partial charge is 0.496 e. The van der Waals surface area contributed by atoms with Crippen molar-refractivity contribution >= 4 is 0 Å². The first-order valence-corrected chi connectivity index (χ1v) is 7.50. The van der Waals surface area contributed by atoms with E-state index in [0.29, 0.717) is 31.2 Å². The number of halogens is 1. The predicted molar refractivity (Wildman–Crippen MR) is 87.7 cm³/mol. The summed E-state index contributed by atoms with van der Waals surface area (Å²) in [6, 6.07) is 10.3. The number of hydrogen-bond donors (Lipinski definition) is 1. The number of benzene rings is 2. The highest BCUT2D eigenvalue weighted by atomic mass is 19.1. The van der Waals surface area contributed by atoms with Crippen LogP contribution in [-0.4, -0.2) is 20.8 Å². The van der Waals surface area contributed by atoms with Gasteiger partial charge in [-0.1, -0.05) is 6.07 Å². The minimum absolute atomic E-state index is 0.273. The summed E-state index contributed by atoms with van der Waals surface area (Å²) in [5, 5.41) is 3.28. The van der Waals surface area contributed by atoms with Gasteiger partial charge in [0.25, 0.3) is 0 Å². The van der Waals surface area contributed by atoms with Crippen LogP contribution in [0.15, 0.2) is 36.4 Å². The summed E-state index contributed by atoms with van der Waals surface area (Å²) in [7, 11) is 3.20. The molecule has 2 aromatic rings. The Morgan fingerprint density at radius 1 is 0.913 bits per heavy atom. The van der Waals surface area contributed by atoms with Crippen molar-refractivity contribution in [1.29, 1.82) is 0 Å². The fourth-order valence-electron chi connectivity index (χ4n) is 2.32. The summed E-state index contributed by atoms with van der Waals surface area (Å²) >= 11 is 0. The Balaban J connectivity index is 2.00. The molecule has 0 atom stereocenters. The molecule has 0 saturated carbocycles. The minimum Gasteiger partial charge on any atom is -0.496 e. The predicted octanol–water partition coefficient (Wildman–Crippen LogP) is 3.53. The highest BCUT2D eigenvalue weighted by Crippen LogP contribution is 2.28. The molecule has 0 amide bonds. The molecule has 124 valence electrons. The quantitative estimate of drug-likeness (QED) is 0.808. The van der Waals surface area contributed by atoms with Gasteiger partial charge in [0.1, 0.15) is 11.6 Å². The molecule has 0 unspecified atom stereocenters. The van der Waals surface area contributed by atoms with Crippen molar-refractivity contribution in [1.82, 2.24) is 5.32 Å². The normalized spacial score (nSPS) is 10.4. The summed E-state index contributed by atoms with van der Waals surface area (Å²) in [5.74, 6) is 1.83. The summed E-state index contributed by atoms with van der Waals surface area (Å²) in [6.07, 6.45) is 0.